The molecule has 0 fully saturated rings. The summed E-state index contributed by atoms with van der Waals surface area (Å²) in [7, 11) is 0. The van der Waals surface area contributed by atoms with Gasteiger partial charge in [0.1, 0.15) is 0 Å². The van der Waals surface area contributed by atoms with E-state index in [1.807, 2.05) is 0 Å². The zero-order valence-corrected chi connectivity index (χ0v) is 9.22. The van der Waals surface area contributed by atoms with Crippen molar-refractivity contribution in [3.8, 4) is 0 Å². The van der Waals surface area contributed by atoms with E-state index in [-0.39, 0.29) is 5.34 Å². The van der Waals surface area contributed by atoms with Crippen molar-refractivity contribution < 1.29 is 0 Å². The number of hydrogen-bond donors (Lipinski definition) is 0. The predicted molar refractivity (Wildman–Crippen MR) is 39.8 cm³/mol. The molecular weight excluding hydrogens is 265 g/mol. The van der Waals surface area contributed by atoms with Crippen molar-refractivity contribution in [3.63, 3.8) is 0 Å². The van der Waals surface area contributed by atoms with Gasteiger partial charge in [-0.15, -0.1) is 23.2 Å². The largest absolute Gasteiger partial charge is 0.109 e. The van der Waals surface area contributed by atoms with E-state index in [0.717, 1.165) is 26.3 Å². The molecule has 0 spiro atoms. The Labute approximate surface area is 66.2 Å². The Morgan fingerprint density at radius 2 is 1.29 bits per heavy atom. The normalized spacial score (nSPS) is 6.86. The molecular formula is C3H8Cl2Se2. The first-order valence-corrected chi connectivity index (χ1v) is 10.3. The summed E-state index contributed by atoms with van der Waals surface area (Å²) in [4.78, 5) is 0. The number of halogens is 2. The van der Waals surface area contributed by atoms with Gasteiger partial charge >= 0.3 is 37.9 Å². The summed E-state index contributed by atoms with van der Waals surface area (Å²) in [6.45, 7) is 0. The van der Waals surface area contributed by atoms with Crippen LogP contribution < -0.4 is 0 Å². The molecule has 0 aromatic carbocycles. The van der Waals surface area contributed by atoms with E-state index in [9.17, 15) is 0 Å². The molecule has 0 aliphatic heterocycles. The average Bonchev–Trinajstić information content (AvgIpc) is 1.69. The molecule has 0 saturated heterocycles. The van der Waals surface area contributed by atoms with Gasteiger partial charge in [0.2, 0.25) is 0 Å². The van der Waals surface area contributed by atoms with Crippen LogP contribution in [0.2, 0.25) is 11.6 Å². The monoisotopic (exact) mass is 274 g/mol. The van der Waals surface area contributed by atoms with Gasteiger partial charge in [-0.2, -0.15) is 0 Å². The zero-order valence-electron chi connectivity index (χ0n) is 4.28. The van der Waals surface area contributed by atoms with Gasteiger partial charge in [0.15, 0.2) is 0 Å². The summed E-state index contributed by atoms with van der Waals surface area (Å²) >= 11 is 11.5. The SMILES string of the molecule is C[Se][Se]C.ClCCl. The first kappa shape index (κ1) is 11.4. The van der Waals surface area contributed by atoms with Gasteiger partial charge in [-0.05, 0) is 0 Å². The molecule has 4 heteroatoms. The van der Waals surface area contributed by atoms with Crippen LogP contribution in [-0.4, -0.2) is 31.6 Å². The molecule has 7 heavy (non-hydrogen) atoms. The van der Waals surface area contributed by atoms with E-state index in [1.165, 1.54) is 0 Å². The topological polar surface area (TPSA) is 0 Å². The Kier molecular flexibility index (Phi) is 25.5. The Balaban J connectivity index is 0. The van der Waals surface area contributed by atoms with Crippen molar-refractivity contribution >= 4 is 49.5 Å². The third-order valence-corrected chi connectivity index (χ3v) is 4.50. The van der Waals surface area contributed by atoms with Crippen LogP contribution in [0.1, 0.15) is 0 Å². The third-order valence-electron chi connectivity index (χ3n) is 0.167. The summed E-state index contributed by atoms with van der Waals surface area (Å²) in [6, 6.07) is 0. The standard InChI is InChI=1S/C2H6Se2.CH2Cl2/c1-3-4-2;2-1-3/h1-2H3;1H2. The second-order valence-electron chi connectivity index (χ2n) is 0.434. The molecule has 0 atom stereocenters. The van der Waals surface area contributed by atoms with E-state index >= 15 is 0 Å². The van der Waals surface area contributed by atoms with E-state index in [0.29, 0.717) is 0 Å². The van der Waals surface area contributed by atoms with E-state index in [1.54, 1.807) is 0 Å². The quantitative estimate of drug-likeness (QED) is 0.505. The molecule has 0 unspecified atom stereocenters. The molecule has 0 rings (SSSR count). The molecule has 0 N–H and O–H groups in total. The van der Waals surface area contributed by atoms with E-state index in [4.69, 9.17) is 23.2 Å². The van der Waals surface area contributed by atoms with Crippen LogP contribution in [0, 0.1) is 0 Å². The van der Waals surface area contributed by atoms with Crippen molar-refractivity contribution in [1.82, 2.24) is 0 Å². The maximum Gasteiger partial charge on any atom is 0.0967 e. The maximum absolute atomic E-state index is 4.76. The minimum atomic E-state index is 0.194. The summed E-state index contributed by atoms with van der Waals surface area (Å²) in [6.07, 6.45) is 0. The van der Waals surface area contributed by atoms with Crippen molar-refractivity contribution in [2.24, 2.45) is 0 Å². The summed E-state index contributed by atoms with van der Waals surface area (Å²) < 4.78 is 0. The Bertz CT molecular complexity index is 18.4. The molecule has 0 aromatic rings. The van der Waals surface area contributed by atoms with Crippen LogP contribution >= 0.6 is 23.2 Å². The molecule has 0 heterocycles. The van der Waals surface area contributed by atoms with Gasteiger partial charge in [0.25, 0.3) is 0 Å². The fourth-order valence-electron chi connectivity index (χ4n) is 0. The van der Waals surface area contributed by atoms with Crippen LogP contribution in [0.4, 0.5) is 0 Å². The van der Waals surface area contributed by atoms with Crippen molar-refractivity contribution in [1.29, 1.82) is 0 Å². The average molecular weight is 273 g/mol. The minimum absolute atomic E-state index is 0.194. The summed E-state index contributed by atoms with van der Waals surface area (Å²) in [5, 5.41) is 0.194. The van der Waals surface area contributed by atoms with Crippen LogP contribution in [0.15, 0.2) is 0 Å². The molecule has 0 radical (unpaired) electrons. The molecule has 46 valence electrons. The van der Waals surface area contributed by atoms with Gasteiger partial charge in [0.05, 0.1) is 5.34 Å². The smallest absolute Gasteiger partial charge is 0.0967 e. The van der Waals surface area contributed by atoms with Crippen molar-refractivity contribution in [2.45, 2.75) is 11.6 Å². The third kappa shape index (κ3) is 35.1. The number of rotatable bonds is 1. The fraction of sp³-hybridized carbons (Fsp3) is 1.00. The van der Waals surface area contributed by atoms with E-state index < -0.39 is 0 Å². The Hall–Kier alpha value is 1.62. The summed E-state index contributed by atoms with van der Waals surface area (Å²) in [5.74, 6) is 4.54. The molecule has 0 nitrogen and oxygen atoms in total. The van der Waals surface area contributed by atoms with Crippen molar-refractivity contribution in [2.75, 3.05) is 5.34 Å². The predicted octanol–water partition coefficient (Wildman–Crippen LogP) is 1.83. The first-order chi connectivity index (χ1) is 3.33. The Morgan fingerprint density at radius 1 is 1.14 bits per heavy atom. The van der Waals surface area contributed by atoms with Gasteiger partial charge in [0, 0.05) is 0 Å². The number of hydrogen-bond acceptors (Lipinski definition) is 0. The molecule has 0 bridgehead atoms. The van der Waals surface area contributed by atoms with Crippen LogP contribution in [-0.2, 0) is 0 Å². The Morgan fingerprint density at radius 3 is 1.29 bits per heavy atom. The summed E-state index contributed by atoms with van der Waals surface area (Å²) in [5.41, 5.74) is 0. The molecule has 0 amide bonds. The molecule has 0 aliphatic carbocycles. The first-order valence-electron chi connectivity index (χ1n) is 1.52. The number of alkyl halides is 2. The van der Waals surface area contributed by atoms with Crippen LogP contribution in [0.3, 0.4) is 0 Å². The second-order valence-corrected chi connectivity index (χ2v) is 9.91. The molecule has 0 saturated carbocycles. The minimum Gasteiger partial charge on any atom is -0.109 e. The van der Waals surface area contributed by atoms with Gasteiger partial charge in [-0.3, -0.25) is 0 Å². The fourth-order valence-corrected chi connectivity index (χ4v) is 0. The van der Waals surface area contributed by atoms with Crippen molar-refractivity contribution in [3.05, 3.63) is 0 Å². The second kappa shape index (κ2) is 15.6. The van der Waals surface area contributed by atoms with Crippen LogP contribution in [0.25, 0.3) is 0 Å². The molecule has 0 aromatic heterocycles. The van der Waals surface area contributed by atoms with Gasteiger partial charge in [-0.25, -0.2) is 0 Å². The molecule has 0 aliphatic rings. The maximum atomic E-state index is 4.76. The van der Waals surface area contributed by atoms with E-state index in [2.05, 4.69) is 11.6 Å². The zero-order chi connectivity index (χ0) is 6.12. The van der Waals surface area contributed by atoms with Gasteiger partial charge in [-0.1, -0.05) is 0 Å². The van der Waals surface area contributed by atoms with Crippen LogP contribution in [0.5, 0.6) is 0 Å². The van der Waals surface area contributed by atoms with Gasteiger partial charge < -0.3 is 0 Å².